The number of hydrogen-bond acceptors (Lipinski definition) is 2. The molecule has 1 heterocycles. The van der Waals surface area contributed by atoms with Crippen molar-refractivity contribution in [3.05, 3.63) is 261 Å². The average molecular weight is 858 g/mol. The highest BCUT2D eigenvalue weighted by Crippen LogP contribution is 2.45. The minimum absolute atomic E-state index is 1.08. The van der Waals surface area contributed by atoms with Gasteiger partial charge in [-0.1, -0.05) is 200 Å². The molecule has 66 heavy (non-hydrogen) atoms. The topological polar surface area (TPSA) is 3.24 Å². The van der Waals surface area contributed by atoms with E-state index in [2.05, 4.69) is 266 Å². The molecule has 0 saturated heterocycles. The minimum Gasteiger partial charge on any atom is -0.310 e. The van der Waals surface area contributed by atoms with Crippen LogP contribution in [0.5, 0.6) is 0 Å². The van der Waals surface area contributed by atoms with E-state index < -0.39 is 0 Å². The van der Waals surface area contributed by atoms with Gasteiger partial charge in [-0.2, -0.15) is 0 Å². The zero-order valence-electron chi connectivity index (χ0n) is 36.2. The van der Waals surface area contributed by atoms with E-state index in [1.165, 1.54) is 92.1 Å². The van der Waals surface area contributed by atoms with Crippen LogP contribution in [0.4, 0.5) is 17.1 Å². The molecule has 0 fully saturated rings. The van der Waals surface area contributed by atoms with Crippen molar-refractivity contribution in [3.63, 3.8) is 0 Å². The lowest BCUT2D eigenvalue weighted by Crippen LogP contribution is -2.11. The van der Waals surface area contributed by atoms with Crippen LogP contribution in [0.3, 0.4) is 0 Å². The number of hydrogen-bond donors (Lipinski definition) is 0. The van der Waals surface area contributed by atoms with Crippen LogP contribution in [0, 0.1) is 0 Å². The van der Waals surface area contributed by atoms with Crippen molar-refractivity contribution in [2.24, 2.45) is 0 Å². The van der Waals surface area contributed by atoms with Gasteiger partial charge >= 0.3 is 0 Å². The second-order valence-corrected chi connectivity index (χ2v) is 17.9. The molecule has 0 radical (unpaired) electrons. The first-order chi connectivity index (χ1) is 32.7. The summed E-state index contributed by atoms with van der Waals surface area (Å²) in [7, 11) is 0. The molecule has 0 unspecified atom stereocenters. The van der Waals surface area contributed by atoms with Crippen molar-refractivity contribution in [1.29, 1.82) is 0 Å². The summed E-state index contributed by atoms with van der Waals surface area (Å²) in [5, 5.41) is 5.10. The largest absolute Gasteiger partial charge is 0.310 e. The highest BCUT2D eigenvalue weighted by Gasteiger charge is 2.19. The van der Waals surface area contributed by atoms with Crippen LogP contribution in [0.1, 0.15) is 0 Å². The molecule has 0 N–H and O–H groups in total. The third-order valence-corrected chi connectivity index (χ3v) is 14.1. The SMILES string of the molecule is c1ccc(-c2cc(-c3ccccc3)cc(-c3ccc(N(c4ccc(-c5cccc(-c6cccc7c6sc6ccccc67)c5)cc4)c4ccccc4-c4cccc5ccccc45)cc3)c2)cc1. The van der Waals surface area contributed by atoms with Crippen molar-refractivity contribution < 1.29 is 0 Å². The van der Waals surface area contributed by atoms with E-state index in [1.54, 1.807) is 0 Å². The number of nitrogens with zero attached hydrogens (tertiary/aromatic N) is 1. The van der Waals surface area contributed by atoms with E-state index >= 15 is 0 Å². The maximum absolute atomic E-state index is 2.42. The molecule has 0 aliphatic carbocycles. The molecular weight excluding hydrogens is 815 g/mol. The normalized spacial score (nSPS) is 11.3. The van der Waals surface area contributed by atoms with Crippen molar-refractivity contribution >= 4 is 59.3 Å². The highest BCUT2D eigenvalue weighted by molar-refractivity contribution is 7.26. The molecule has 1 aromatic heterocycles. The van der Waals surface area contributed by atoms with E-state index in [1.807, 2.05) is 11.3 Å². The van der Waals surface area contributed by atoms with Gasteiger partial charge in [0.2, 0.25) is 0 Å². The lowest BCUT2D eigenvalue weighted by molar-refractivity contribution is 1.28. The fourth-order valence-corrected chi connectivity index (χ4v) is 10.9. The molecule has 12 rings (SSSR count). The molecule has 0 amide bonds. The van der Waals surface area contributed by atoms with Crippen molar-refractivity contribution in [2.75, 3.05) is 4.90 Å². The van der Waals surface area contributed by atoms with Crippen LogP contribution >= 0.6 is 11.3 Å². The van der Waals surface area contributed by atoms with Gasteiger partial charge < -0.3 is 4.90 Å². The van der Waals surface area contributed by atoms with Crippen LogP contribution in [0.25, 0.3) is 97.7 Å². The van der Waals surface area contributed by atoms with Crippen LogP contribution in [-0.4, -0.2) is 0 Å². The second kappa shape index (κ2) is 17.0. The first kappa shape index (κ1) is 39.3. The van der Waals surface area contributed by atoms with Gasteiger partial charge in [-0.05, 0) is 133 Å². The Morgan fingerprint density at radius 3 is 1.39 bits per heavy atom. The van der Waals surface area contributed by atoms with Gasteiger partial charge in [-0.3, -0.25) is 0 Å². The molecule has 0 aliphatic rings. The zero-order chi connectivity index (χ0) is 43.8. The molecule has 0 spiro atoms. The lowest BCUT2D eigenvalue weighted by Gasteiger charge is -2.28. The summed E-state index contributed by atoms with van der Waals surface area (Å²) in [6, 6.07) is 95.1. The van der Waals surface area contributed by atoms with E-state index in [0.717, 1.165) is 22.6 Å². The van der Waals surface area contributed by atoms with E-state index in [-0.39, 0.29) is 0 Å². The van der Waals surface area contributed by atoms with E-state index in [4.69, 9.17) is 0 Å². The summed E-state index contributed by atoms with van der Waals surface area (Å²) in [6.45, 7) is 0. The summed E-state index contributed by atoms with van der Waals surface area (Å²) in [5.74, 6) is 0. The van der Waals surface area contributed by atoms with E-state index in [0.29, 0.717) is 0 Å². The predicted molar refractivity (Wildman–Crippen MR) is 284 cm³/mol. The van der Waals surface area contributed by atoms with Gasteiger partial charge in [0.05, 0.1) is 5.69 Å². The maximum Gasteiger partial charge on any atom is 0.0540 e. The molecule has 310 valence electrons. The third kappa shape index (κ3) is 7.34. The second-order valence-electron chi connectivity index (χ2n) is 16.9. The number of thiophene rings is 1. The minimum atomic E-state index is 1.08. The summed E-state index contributed by atoms with van der Waals surface area (Å²) in [6.07, 6.45) is 0. The van der Waals surface area contributed by atoms with E-state index in [9.17, 15) is 0 Å². The van der Waals surface area contributed by atoms with Crippen LogP contribution < -0.4 is 4.90 Å². The molecule has 11 aromatic carbocycles. The predicted octanol–water partition coefficient (Wildman–Crippen LogP) is 18.7. The van der Waals surface area contributed by atoms with Crippen LogP contribution in [0.2, 0.25) is 0 Å². The zero-order valence-corrected chi connectivity index (χ0v) is 37.0. The molecule has 0 aliphatic heterocycles. The first-order valence-corrected chi connectivity index (χ1v) is 23.4. The smallest absolute Gasteiger partial charge is 0.0540 e. The van der Waals surface area contributed by atoms with Gasteiger partial charge in [0, 0.05) is 37.1 Å². The monoisotopic (exact) mass is 857 g/mol. The average Bonchev–Trinajstić information content (AvgIpc) is 3.79. The van der Waals surface area contributed by atoms with Gasteiger partial charge in [0.15, 0.2) is 0 Å². The molecule has 1 nitrogen and oxygen atoms in total. The van der Waals surface area contributed by atoms with Crippen molar-refractivity contribution in [2.45, 2.75) is 0 Å². The first-order valence-electron chi connectivity index (χ1n) is 22.6. The molecule has 0 atom stereocenters. The van der Waals surface area contributed by atoms with Gasteiger partial charge in [0.1, 0.15) is 0 Å². The molecule has 12 aromatic rings. The highest BCUT2D eigenvalue weighted by atomic mass is 32.1. The summed E-state index contributed by atoms with van der Waals surface area (Å²) >= 11 is 1.88. The number of anilines is 3. The lowest BCUT2D eigenvalue weighted by atomic mass is 9.93. The fourth-order valence-electron chi connectivity index (χ4n) is 9.62. The Morgan fingerprint density at radius 2 is 0.697 bits per heavy atom. The Hall–Kier alpha value is -8.30. The number of para-hydroxylation sites is 1. The molecular formula is C64H43NS. The quantitative estimate of drug-likeness (QED) is 0.140. The third-order valence-electron chi connectivity index (χ3n) is 12.9. The standard InChI is InChI=1S/C64H43NS/c1-3-16-44(17-4-1)51-41-52(45-18-5-2-6-19-45)43-53(42-51)47-34-38-55(39-35-47)65(62-30-11-9-25-59(62)58-28-14-21-48-20-7-8-24-56(48)58)54-36-32-46(33-37-54)49-22-13-23-50(40-49)57-27-15-29-61-60-26-10-12-31-63(60)66-64(57)61/h1-43H. The molecule has 0 bridgehead atoms. The van der Waals surface area contributed by atoms with Crippen LogP contribution in [-0.2, 0) is 0 Å². The van der Waals surface area contributed by atoms with Crippen molar-refractivity contribution in [3.8, 4) is 66.8 Å². The fraction of sp³-hybridized carbons (Fsp3) is 0. The van der Waals surface area contributed by atoms with Gasteiger partial charge in [-0.25, -0.2) is 0 Å². The van der Waals surface area contributed by atoms with Crippen LogP contribution in [0.15, 0.2) is 261 Å². The number of benzene rings is 11. The Labute approximate surface area is 389 Å². The summed E-state index contributed by atoms with van der Waals surface area (Å²) in [4.78, 5) is 2.42. The van der Waals surface area contributed by atoms with Gasteiger partial charge in [0.25, 0.3) is 0 Å². The summed E-state index contributed by atoms with van der Waals surface area (Å²) < 4.78 is 2.65. The molecule has 0 saturated carbocycles. The Kier molecular flexibility index (Phi) is 10.1. The Bertz CT molecular complexity index is 3620. The maximum atomic E-state index is 2.42. The number of rotatable bonds is 9. The molecule has 2 heteroatoms. The Morgan fingerprint density at radius 1 is 0.258 bits per heavy atom. The van der Waals surface area contributed by atoms with Crippen molar-refractivity contribution in [1.82, 2.24) is 0 Å². The summed E-state index contributed by atoms with van der Waals surface area (Å²) in [5.41, 5.74) is 17.7. The number of fused-ring (bicyclic) bond motifs is 4. The van der Waals surface area contributed by atoms with Gasteiger partial charge in [-0.15, -0.1) is 11.3 Å². The Balaban J connectivity index is 0.959.